The lowest BCUT2D eigenvalue weighted by Crippen LogP contribution is -2.26. The average Bonchev–Trinajstić information content (AvgIpc) is 3.32. The minimum atomic E-state index is -0.737. The van der Waals surface area contributed by atoms with E-state index in [9.17, 15) is 5.26 Å². The Kier molecular flexibility index (Phi) is 6.09. The number of nitriles is 1. The molecule has 0 atom stereocenters. The number of hydrogen-bond donors (Lipinski definition) is 1. The maximum Gasteiger partial charge on any atom is 0.161 e. The van der Waals surface area contributed by atoms with E-state index < -0.39 is 5.54 Å². The number of rotatable bonds is 8. The van der Waals surface area contributed by atoms with Gasteiger partial charge in [0.1, 0.15) is 22.7 Å². The van der Waals surface area contributed by atoms with Gasteiger partial charge in [-0.1, -0.05) is 0 Å². The van der Waals surface area contributed by atoms with Crippen molar-refractivity contribution in [3.8, 4) is 23.1 Å². The zero-order valence-electron chi connectivity index (χ0n) is 22.6. The molecule has 198 valence electrons. The molecule has 2 aliphatic rings. The van der Waals surface area contributed by atoms with Crippen LogP contribution in [0.2, 0.25) is 0 Å². The van der Waals surface area contributed by atoms with Gasteiger partial charge < -0.3 is 10.1 Å². The Bertz CT molecular complexity index is 1490. The Balaban J connectivity index is 1.27. The number of nitrogens with zero attached hydrogens (tertiary/aromatic N) is 8. The molecule has 4 heterocycles. The molecule has 0 radical (unpaired) electrons. The summed E-state index contributed by atoms with van der Waals surface area (Å²) in [5, 5.41) is 28.1. The lowest BCUT2D eigenvalue weighted by Gasteiger charge is -2.29. The number of pyridine rings is 1. The van der Waals surface area contributed by atoms with Gasteiger partial charge >= 0.3 is 0 Å². The van der Waals surface area contributed by atoms with Crippen molar-refractivity contribution in [1.29, 1.82) is 5.26 Å². The number of aryl methyl sites for hydroxylation is 1. The molecule has 0 unspecified atom stereocenters. The average molecular weight is 514 g/mol. The molecule has 0 amide bonds. The molecule has 1 N–H and O–H groups in total. The Morgan fingerprint density at radius 1 is 1.11 bits per heavy atom. The van der Waals surface area contributed by atoms with Crippen LogP contribution in [0.25, 0.3) is 22.2 Å². The monoisotopic (exact) mass is 513 g/mol. The van der Waals surface area contributed by atoms with Gasteiger partial charge in [0.2, 0.25) is 0 Å². The van der Waals surface area contributed by atoms with E-state index in [0.717, 1.165) is 71.6 Å². The highest BCUT2D eigenvalue weighted by atomic mass is 16.5. The number of anilines is 1. The molecule has 2 aliphatic carbocycles. The van der Waals surface area contributed by atoms with Crippen molar-refractivity contribution >= 4 is 16.7 Å². The number of ether oxygens (including phenoxy) is 1. The maximum atomic E-state index is 9.55. The van der Waals surface area contributed by atoms with E-state index in [1.54, 1.807) is 10.9 Å². The Hall–Kier alpha value is -3.87. The van der Waals surface area contributed by atoms with Crippen LogP contribution in [0.4, 0.5) is 5.82 Å². The molecule has 0 aromatic carbocycles. The number of fused-ring (bicyclic) bond motifs is 1. The molecule has 38 heavy (non-hydrogen) atoms. The summed E-state index contributed by atoms with van der Waals surface area (Å²) in [6.07, 6.45) is 14.2. The number of hydrogen-bond acceptors (Lipinski definition) is 7. The van der Waals surface area contributed by atoms with Crippen LogP contribution in [0.3, 0.4) is 0 Å². The van der Waals surface area contributed by atoms with E-state index in [0.29, 0.717) is 5.92 Å². The predicted octanol–water partition coefficient (Wildman–Crippen LogP) is 5.16. The molecule has 0 saturated heterocycles. The lowest BCUT2D eigenvalue weighted by molar-refractivity contribution is 0.130. The normalized spacial score (nSPS) is 20.0. The topological polar surface area (TPSA) is 111 Å². The quantitative estimate of drug-likeness (QED) is 0.346. The van der Waals surface area contributed by atoms with Crippen molar-refractivity contribution in [3.05, 3.63) is 36.5 Å². The summed E-state index contributed by atoms with van der Waals surface area (Å²) < 4.78 is 12.2. The first-order valence-electron chi connectivity index (χ1n) is 13.7. The van der Waals surface area contributed by atoms with Crippen molar-refractivity contribution in [3.63, 3.8) is 0 Å². The SMILES string of the molecule is CCNc1cc2c(cn1)c(-c1cnn(C(C)(C)C#N)c1)nn2[C@H]1CC[C@@H](Oc2cn(C)nc2C2CC2)CC1. The second-order valence-corrected chi connectivity index (χ2v) is 11.1. The summed E-state index contributed by atoms with van der Waals surface area (Å²) in [7, 11) is 1.97. The molecule has 10 heteroatoms. The molecule has 2 saturated carbocycles. The van der Waals surface area contributed by atoms with Crippen molar-refractivity contribution < 1.29 is 4.74 Å². The first kappa shape index (κ1) is 24.5. The van der Waals surface area contributed by atoms with Crippen LogP contribution in [0.1, 0.15) is 76.9 Å². The molecule has 4 aromatic rings. The summed E-state index contributed by atoms with van der Waals surface area (Å²) >= 11 is 0. The van der Waals surface area contributed by atoms with E-state index in [1.165, 1.54) is 12.8 Å². The summed E-state index contributed by atoms with van der Waals surface area (Å²) in [5.41, 5.74) is 3.18. The Labute approximate surface area is 222 Å². The van der Waals surface area contributed by atoms with Crippen LogP contribution < -0.4 is 10.1 Å². The highest BCUT2D eigenvalue weighted by Crippen LogP contribution is 2.44. The van der Waals surface area contributed by atoms with E-state index in [-0.39, 0.29) is 12.1 Å². The summed E-state index contributed by atoms with van der Waals surface area (Å²) in [5.74, 6) is 2.37. The summed E-state index contributed by atoms with van der Waals surface area (Å²) in [6.45, 7) is 6.57. The minimum Gasteiger partial charge on any atom is -0.487 e. The molecule has 0 bridgehead atoms. The van der Waals surface area contributed by atoms with E-state index in [2.05, 4.69) is 44.2 Å². The fraction of sp³-hybridized carbons (Fsp3) is 0.536. The second-order valence-electron chi connectivity index (χ2n) is 11.1. The van der Waals surface area contributed by atoms with Crippen LogP contribution in [-0.4, -0.2) is 47.0 Å². The maximum absolute atomic E-state index is 9.55. The van der Waals surface area contributed by atoms with Crippen LogP contribution in [-0.2, 0) is 12.6 Å². The summed E-state index contributed by atoms with van der Waals surface area (Å²) in [6, 6.07) is 4.68. The number of nitrogens with one attached hydrogen (secondary N) is 1. The standard InChI is InChI=1S/C28H35N9O/c1-5-30-25-12-23-22(14-31-25)26(19-13-32-36(15-19)28(2,3)17-29)34-37(23)20-8-10-21(11-9-20)38-24-16-35(4)33-27(24)18-6-7-18/h12-16,18,20-21H,5-11H2,1-4H3,(H,30,31)/t20-,21+. The highest BCUT2D eigenvalue weighted by Gasteiger charge is 2.32. The zero-order valence-corrected chi connectivity index (χ0v) is 22.6. The van der Waals surface area contributed by atoms with Crippen molar-refractivity contribution in [2.75, 3.05) is 11.9 Å². The van der Waals surface area contributed by atoms with Gasteiger partial charge in [0.25, 0.3) is 0 Å². The number of aromatic nitrogens is 7. The van der Waals surface area contributed by atoms with Gasteiger partial charge in [-0.3, -0.25) is 14.0 Å². The zero-order chi connectivity index (χ0) is 26.4. The second kappa shape index (κ2) is 9.46. The van der Waals surface area contributed by atoms with Crippen LogP contribution in [0.15, 0.2) is 30.9 Å². The van der Waals surface area contributed by atoms with Crippen molar-refractivity contribution in [2.45, 2.75) is 82.9 Å². The summed E-state index contributed by atoms with van der Waals surface area (Å²) in [4.78, 5) is 4.63. The van der Waals surface area contributed by atoms with Gasteiger partial charge in [-0.25, -0.2) is 4.98 Å². The van der Waals surface area contributed by atoms with E-state index >= 15 is 0 Å². The molecule has 6 rings (SSSR count). The van der Waals surface area contributed by atoms with Gasteiger partial charge in [0, 0.05) is 48.9 Å². The Morgan fingerprint density at radius 2 is 1.89 bits per heavy atom. The highest BCUT2D eigenvalue weighted by molar-refractivity contribution is 5.93. The van der Waals surface area contributed by atoms with Crippen LogP contribution in [0.5, 0.6) is 5.75 Å². The molecular formula is C28H35N9O. The fourth-order valence-corrected chi connectivity index (χ4v) is 5.41. The van der Waals surface area contributed by atoms with Gasteiger partial charge in [-0.15, -0.1) is 0 Å². The predicted molar refractivity (Wildman–Crippen MR) is 145 cm³/mol. The third kappa shape index (κ3) is 4.51. The first-order valence-corrected chi connectivity index (χ1v) is 13.7. The third-order valence-corrected chi connectivity index (χ3v) is 7.72. The van der Waals surface area contributed by atoms with Crippen LogP contribution >= 0.6 is 0 Å². The van der Waals surface area contributed by atoms with Gasteiger partial charge in [0.15, 0.2) is 5.75 Å². The van der Waals surface area contributed by atoms with Crippen molar-refractivity contribution in [1.82, 2.24) is 34.3 Å². The molecule has 4 aromatic heterocycles. The third-order valence-electron chi connectivity index (χ3n) is 7.72. The molecule has 0 aliphatic heterocycles. The van der Waals surface area contributed by atoms with Gasteiger partial charge in [0.05, 0.1) is 36.1 Å². The first-order chi connectivity index (χ1) is 18.4. The smallest absolute Gasteiger partial charge is 0.161 e. The Morgan fingerprint density at radius 3 is 2.61 bits per heavy atom. The largest absolute Gasteiger partial charge is 0.487 e. The van der Waals surface area contributed by atoms with Crippen molar-refractivity contribution in [2.24, 2.45) is 7.05 Å². The molecular weight excluding hydrogens is 478 g/mol. The van der Waals surface area contributed by atoms with E-state index in [4.69, 9.17) is 9.84 Å². The minimum absolute atomic E-state index is 0.194. The van der Waals surface area contributed by atoms with E-state index in [1.807, 2.05) is 44.2 Å². The van der Waals surface area contributed by atoms with Crippen LogP contribution in [0, 0.1) is 11.3 Å². The molecule has 0 spiro atoms. The van der Waals surface area contributed by atoms with Gasteiger partial charge in [-0.05, 0) is 59.3 Å². The molecule has 2 fully saturated rings. The van der Waals surface area contributed by atoms with Gasteiger partial charge in [-0.2, -0.15) is 20.6 Å². The molecule has 10 nitrogen and oxygen atoms in total. The fourth-order valence-electron chi connectivity index (χ4n) is 5.41. The lowest BCUT2D eigenvalue weighted by atomic mass is 9.93.